The van der Waals surface area contributed by atoms with Crippen LogP contribution in [0.3, 0.4) is 0 Å². The Balaban J connectivity index is 1.89. The van der Waals surface area contributed by atoms with E-state index in [4.69, 9.17) is 4.74 Å². The number of fused-ring (bicyclic) bond motifs is 1. The third kappa shape index (κ3) is 5.18. The third-order valence-electron chi connectivity index (χ3n) is 5.27. The van der Waals surface area contributed by atoms with E-state index < -0.39 is 12.5 Å². The quantitative estimate of drug-likeness (QED) is 0.670. The Morgan fingerprint density at radius 1 is 1.28 bits per heavy atom. The van der Waals surface area contributed by atoms with Gasteiger partial charge in [0.2, 0.25) is 5.91 Å². The summed E-state index contributed by atoms with van der Waals surface area (Å²) in [5.74, 6) is -3.34. The maximum atomic E-state index is 13.2. The van der Waals surface area contributed by atoms with E-state index in [1.165, 1.54) is 6.20 Å². The van der Waals surface area contributed by atoms with Crippen molar-refractivity contribution in [3.05, 3.63) is 64.3 Å². The second kappa shape index (κ2) is 9.14. The molecule has 1 atom stereocenters. The Labute approximate surface area is 186 Å². The number of rotatable bonds is 6. The fraction of sp³-hybridized carbons (Fsp3) is 0.417. The molecule has 2 amide bonds. The van der Waals surface area contributed by atoms with E-state index in [9.17, 15) is 18.4 Å². The number of ether oxygens (including phenoxy) is 1. The molecular weight excluding hydrogens is 416 g/mol. The maximum absolute atomic E-state index is 13.2. The van der Waals surface area contributed by atoms with Crippen molar-refractivity contribution in [3.63, 3.8) is 0 Å². The van der Waals surface area contributed by atoms with E-state index in [-0.39, 0.29) is 36.1 Å². The predicted molar refractivity (Wildman–Crippen MR) is 115 cm³/mol. The monoisotopic (exact) mass is 443 g/mol. The fourth-order valence-electron chi connectivity index (χ4n) is 3.38. The molecule has 0 bridgehead atoms. The molecule has 1 aromatic heterocycles. The summed E-state index contributed by atoms with van der Waals surface area (Å²) >= 11 is 0. The van der Waals surface area contributed by atoms with Crippen LogP contribution in [0.25, 0.3) is 0 Å². The van der Waals surface area contributed by atoms with E-state index >= 15 is 0 Å². The highest BCUT2D eigenvalue weighted by Gasteiger charge is 2.33. The van der Waals surface area contributed by atoms with Crippen molar-refractivity contribution in [1.82, 2.24) is 9.88 Å². The van der Waals surface area contributed by atoms with Crippen molar-refractivity contribution in [1.29, 1.82) is 0 Å². The van der Waals surface area contributed by atoms with Crippen molar-refractivity contribution in [2.24, 2.45) is 10.9 Å². The van der Waals surface area contributed by atoms with Gasteiger partial charge < -0.3 is 9.64 Å². The van der Waals surface area contributed by atoms with Crippen LogP contribution in [-0.2, 0) is 11.3 Å². The molecule has 170 valence electrons. The van der Waals surface area contributed by atoms with E-state index in [1.807, 2.05) is 6.92 Å². The van der Waals surface area contributed by atoms with Crippen molar-refractivity contribution in [2.45, 2.75) is 53.1 Å². The van der Waals surface area contributed by atoms with Crippen LogP contribution < -0.4 is 10.1 Å². The van der Waals surface area contributed by atoms with Gasteiger partial charge in [-0.15, -0.1) is 0 Å². The van der Waals surface area contributed by atoms with E-state index in [0.717, 1.165) is 6.92 Å². The van der Waals surface area contributed by atoms with E-state index in [2.05, 4.69) is 9.98 Å². The molecule has 1 unspecified atom stereocenters. The molecule has 3 rings (SSSR count). The largest absolute Gasteiger partial charge is 0.485 e. The highest BCUT2D eigenvalue weighted by Crippen LogP contribution is 2.30. The Bertz CT molecular complexity index is 1110. The first-order valence-corrected chi connectivity index (χ1v) is 10.5. The summed E-state index contributed by atoms with van der Waals surface area (Å²) < 4.78 is 31.4. The van der Waals surface area contributed by atoms with Gasteiger partial charge >= 0.3 is 0 Å². The average molecular weight is 443 g/mol. The molecule has 0 radical (unpaired) electrons. The molecule has 6 nitrogen and oxygen atoms in total. The van der Waals surface area contributed by atoms with E-state index in [1.54, 1.807) is 56.0 Å². The summed E-state index contributed by atoms with van der Waals surface area (Å²) in [5, 5.41) is 0.486. The van der Waals surface area contributed by atoms with Gasteiger partial charge in [0.25, 0.3) is 11.8 Å². The Hall–Kier alpha value is -3.16. The summed E-state index contributed by atoms with van der Waals surface area (Å²) in [6, 6.07) is 8.33. The molecule has 0 aliphatic carbocycles. The van der Waals surface area contributed by atoms with Crippen LogP contribution in [0.5, 0.6) is 5.75 Å². The highest BCUT2D eigenvalue weighted by molar-refractivity contribution is 5.98. The van der Waals surface area contributed by atoms with Gasteiger partial charge in [0.05, 0.1) is 23.3 Å². The molecule has 32 heavy (non-hydrogen) atoms. The lowest BCUT2D eigenvalue weighted by Gasteiger charge is -2.24. The summed E-state index contributed by atoms with van der Waals surface area (Å²) in [5.41, 5.74) is 2.46. The molecule has 2 aromatic rings. The minimum atomic E-state index is -2.94. The van der Waals surface area contributed by atoms with Gasteiger partial charge in [-0.05, 0) is 37.6 Å². The number of amides is 2. The van der Waals surface area contributed by atoms with Crippen LogP contribution in [0.1, 0.15) is 60.9 Å². The standard InChI is InChI=1S/C24H27F2N3O3/c1-14(2)22(30)28-19-9-7-6-8-17-18(19)12-29(23(17)31)16(4)20-10-15(3)21(11-27-20)32-13-24(5,25)26/h6-11,14,16H,12-13H2,1-5H3. The smallest absolute Gasteiger partial charge is 0.278 e. The molecule has 1 aliphatic heterocycles. The number of hydrogen-bond acceptors (Lipinski definition) is 4. The van der Waals surface area contributed by atoms with Crippen LogP contribution in [0, 0.1) is 12.8 Å². The van der Waals surface area contributed by atoms with Crippen LogP contribution >= 0.6 is 0 Å². The number of carbonyl (C=O) groups is 2. The van der Waals surface area contributed by atoms with Crippen LogP contribution in [0.15, 0.2) is 41.5 Å². The highest BCUT2D eigenvalue weighted by atomic mass is 19.3. The molecule has 0 N–H and O–H groups in total. The minimum absolute atomic E-state index is 0.178. The molecular formula is C24H27F2N3O3. The molecule has 8 heteroatoms. The number of aryl methyl sites for hydroxylation is 1. The molecule has 0 saturated carbocycles. The number of nitrogens with zero attached hydrogens (tertiary/aromatic N) is 3. The summed E-state index contributed by atoms with van der Waals surface area (Å²) in [4.78, 5) is 35.6. The second-order valence-electron chi connectivity index (χ2n) is 8.44. The summed E-state index contributed by atoms with van der Waals surface area (Å²) in [6.45, 7) is 7.49. The van der Waals surface area contributed by atoms with Crippen molar-refractivity contribution in [3.8, 4) is 5.75 Å². The Morgan fingerprint density at radius 2 is 1.97 bits per heavy atom. The van der Waals surface area contributed by atoms with Crippen molar-refractivity contribution in [2.75, 3.05) is 6.61 Å². The van der Waals surface area contributed by atoms with Gasteiger partial charge in [-0.25, -0.2) is 13.8 Å². The molecule has 0 spiro atoms. The number of pyridine rings is 1. The number of hydrogen-bond donors (Lipinski definition) is 0. The molecule has 0 saturated heterocycles. The van der Waals surface area contributed by atoms with E-state index in [0.29, 0.717) is 27.7 Å². The maximum Gasteiger partial charge on any atom is 0.278 e. The van der Waals surface area contributed by atoms with Crippen molar-refractivity contribution >= 4 is 11.8 Å². The number of aromatic nitrogens is 1. The number of alkyl halides is 2. The first-order valence-electron chi connectivity index (χ1n) is 10.5. The summed E-state index contributed by atoms with van der Waals surface area (Å²) in [6.07, 6.45) is 1.41. The lowest BCUT2D eigenvalue weighted by molar-refractivity contribution is -0.120. The molecule has 1 aliphatic rings. The van der Waals surface area contributed by atoms with Crippen LogP contribution in [0.2, 0.25) is 0 Å². The predicted octanol–water partition coefficient (Wildman–Crippen LogP) is 4.22. The van der Waals surface area contributed by atoms with Crippen molar-refractivity contribution < 1.29 is 23.1 Å². The zero-order valence-corrected chi connectivity index (χ0v) is 18.9. The molecule has 1 aromatic carbocycles. The fourth-order valence-corrected chi connectivity index (χ4v) is 3.38. The topological polar surface area (TPSA) is 71.9 Å². The van der Waals surface area contributed by atoms with Crippen LogP contribution in [-0.4, -0.2) is 34.2 Å². The first kappa shape index (κ1) is 23.5. The van der Waals surface area contributed by atoms with Crippen LogP contribution in [0.4, 0.5) is 8.78 Å². The first-order chi connectivity index (χ1) is 15.0. The zero-order chi connectivity index (χ0) is 23.6. The average Bonchev–Trinajstić information content (AvgIpc) is 2.90. The Morgan fingerprint density at radius 3 is 2.59 bits per heavy atom. The lowest BCUT2D eigenvalue weighted by Crippen LogP contribution is -2.28. The van der Waals surface area contributed by atoms with Gasteiger partial charge in [0, 0.05) is 30.5 Å². The second-order valence-corrected chi connectivity index (χ2v) is 8.44. The van der Waals surface area contributed by atoms with Gasteiger partial charge in [-0.2, -0.15) is 0 Å². The SMILES string of the molecule is Cc1cc(C(C)N2Cc3c(ccccc3=NC(=O)C(C)C)C2=O)ncc1OCC(C)(F)F. The van der Waals surface area contributed by atoms with Gasteiger partial charge in [-0.1, -0.05) is 26.0 Å². The third-order valence-corrected chi connectivity index (χ3v) is 5.27. The normalized spacial score (nSPS) is 15.2. The zero-order valence-electron chi connectivity index (χ0n) is 18.9. The molecule has 0 fully saturated rings. The lowest BCUT2D eigenvalue weighted by atomic mass is 10.1. The van der Waals surface area contributed by atoms with Gasteiger partial charge in [0.1, 0.15) is 5.75 Å². The van der Waals surface area contributed by atoms with Gasteiger partial charge in [-0.3, -0.25) is 14.6 Å². The summed E-state index contributed by atoms with van der Waals surface area (Å²) in [7, 11) is 0. The number of carbonyl (C=O) groups excluding carboxylic acids is 2. The molecule has 2 heterocycles. The Kier molecular flexibility index (Phi) is 6.71. The number of halogens is 2. The minimum Gasteiger partial charge on any atom is -0.485 e. The van der Waals surface area contributed by atoms with Gasteiger partial charge in [0.15, 0.2) is 6.61 Å².